The summed E-state index contributed by atoms with van der Waals surface area (Å²) >= 11 is 10.4. The van der Waals surface area contributed by atoms with Crippen LogP contribution in [0.15, 0.2) is 24.3 Å². The summed E-state index contributed by atoms with van der Waals surface area (Å²) in [6.45, 7) is 6.72. The van der Waals surface area contributed by atoms with Crippen molar-refractivity contribution < 1.29 is 4.74 Å². The van der Waals surface area contributed by atoms with E-state index in [-0.39, 0.29) is 0 Å². The predicted molar refractivity (Wildman–Crippen MR) is 84.8 cm³/mol. The Kier molecular flexibility index (Phi) is 6.31. The standard InChI is InChI=1S/C14H21ClN2OS/c15-13-3-1-2-4-14(13)17-7-5-16(6-8-17)9-10-18-11-12-19/h1-4,19H,5-12H2. The van der Waals surface area contributed by atoms with Crippen LogP contribution in [0.4, 0.5) is 5.69 Å². The molecule has 0 aliphatic carbocycles. The van der Waals surface area contributed by atoms with E-state index in [1.807, 2.05) is 18.2 Å². The minimum atomic E-state index is 0.739. The van der Waals surface area contributed by atoms with Crippen LogP contribution < -0.4 is 4.90 Å². The van der Waals surface area contributed by atoms with Gasteiger partial charge < -0.3 is 9.64 Å². The summed E-state index contributed by atoms with van der Waals surface area (Å²) in [5, 5.41) is 0.841. The van der Waals surface area contributed by atoms with Crippen LogP contribution in [-0.2, 0) is 4.74 Å². The zero-order valence-electron chi connectivity index (χ0n) is 11.1. The first-order valence-corrected chi connectivity index (χ1v) is 7.73. The summed E-state index contributed by atoms with van der Waals surface area (Å²) < 4.78 is 5.46. The van der Waals surface area contributed by atoms with Gasteiger partial charge in [-0.15, -0.1) is 0 Å². The average Bonchev–Trinajstić information content (AvgIpc) is 2.45. The molecule has 1 aliphatic heterocycles. The molecule has 1 aromatic carbocycles. The van der Waals surface area contributed by atoms with Crippen molar-refractivity contribution in [2.75, 3.05) is 56.6 Å². The van der Waals surface area contributed by atoms with Gasteiger partial charge >= 0.3 is 0 Å². The highest BCUT2D eigenvalue weighted by atomic mass is 35.5. The Morgan fingerprint density at radius 3 is 2.53 bits per heavy atom. The second-order valence-corrected chi connectivity index (χ2v) is 5.47. The topological polar surface area (TPSA) is 15.7 Å². The van der Waals surface area contributed by atoms with E-state index in [0.29, 0.717) is 0 Å². The monoisotopic (exact) mass is 300 g/mol. The Bertz CT molecular complexity index is 383. The highest BCUT2D eigenvalue weighted by Gasteiger charge is 2.18. The summed E-state index contributed by atoms with van der Waals surface area (Å²) in [7, 11) is 0. The first-order chi connectivity index (χ1) is 9.31. The van der Waals surface area contributed by atoms with Crippen molar-refractivity contribution >= 4 is 29.9 Å². The lowest BCUT2D eigenvalue weighted by Crippen LogP contribution is -2.47. The lowest BCUT2D eigenvalue weighted by Gasteiger charge is -2.36. The Morgan fingerprint density at radius 2 is 1.84 bits per heavy atom. The van der Waals surface area contributed by atoms with Crippen LogP contribution in [0.3, 0.4) is 0 Å². The summed E-state index contributed by atoms with van der Waals surface area (Å²) in [4.78, 5) is 4.79. The highest BCUT2D eigenvalue weighted by Crippen LogP contribution is 2.25. The smallest absolute Gasteiger partial charge is 0.0639 e. The first-order valence-electron chi connectivity index (χ1n) is 6.71. The molecule has 2 rings (SSSR count). The molecule has 1 saturated heterocycles. The van der Waals surface area contributed by atoms with Gasteiger partial charge in [0.1, 0.15) is 0 Å². The van der Waals surface area contributed by atoms with Gasteiger partial charge in [-0.25, -0.2) is 0 Å². The number of benzene rings is 1. The quantitative estimate of drug-likeness (QED) is 0.642. The number of thiol groups is 1. The molecule has 1 fully saturated rings. The molecule has 0 aromatic heterocycles. The number of halogens is 1. The van der Waals surface area contributed by atoms with Crippen molar-refractivity contribution in [3.8, 4) is 0 Å². The number of ether oxygens (including phenoxy) is 1. The number of anilines is 1. The van der Waals surface area contributed by atoms with E-state index in [2.05, 4.69) is 28.5 Å². The van der Waals surface area contributed by atoms with Gasteiger partial charge in [0.15, 0.2) is 0 Å². The van der Waals surface area contributed by atoms with E-state index >= 15 is 0 Å². The number of hydrogen-bond acceptors (Lipinski definition) is 4. The van der Waals surface area contributed by atoms with Crippen molar-refractivity contribution in [2.24, 2.45) is 0 Å². The van der Waals surface area contributed by atoms with E-state index < -0.39 is 0 Å². The molecule has 0 radical (unpaired) electrons. The minimum Gasteiger partial charge on any atom is -0.379 e. The third-order valence-electron chi connectivity index (χ3n) is 3.35. The van der Waals surface area contributed by atoms with E-state index in [1.165, 1.54) is 0 Å². The summed E-state index contributed by atoms with van der Waals surface area (Å²) in [6, 6.07) is 8.06. The zero-order chi connectivity index (χ0) is 13.5. The van der Waals surface area contributed by atoms with Crippen LogP contribution in [-0.4, -0.2) is 56.6 Å². The minimum absolute atomic E-state index is 0.739. The molecule has 0 spiro atoms. The lowest BCUT2D eigenvalue weighted by atomic mass is 10.2. The Hall–Kier alpha value is -0.420. The van der Waals surface area contributed by atoms with E-state index in [9.17, 15) is 0 Å². The van der Waals surface area contributed by atoms with E-state index in [1.54, 1.807) is 0 Å². The normalized spacial score (nSPS) is 16.8. The summed E-state index contributed by atoms with van der Waals surface area (Å²) in [5.74, 6) is 0.792. The van der Waals surface area contributed by atoms with Gasteiger partial charge in [-0.1, -0.05) is 23.7 Å². The molecular weight excluding hydrogens is 280 g/mol. The predicted octanol–water partition coefficient (Wildman–Crippen LogP) is 2.41. The molecule has 0 unspecified atom stereocenters. The summed E-state index contributed by atoms with van der Waals surface area (Å²) in [6.07, 6.45) is 0. The molecule has 19 heavy (non-hydrogen) atoms. The SMILES string of the molecule is SCCOCCN1CCN(c2ccccc2Cl)CC1. The Morgan fingerprint density at radius 1 is 1.11 bits per heavy atom. The van der Waals surface area contributed by atoms with Gasteiger partial charge in [-0.2, -0.15) is 12.6 Å². The molecule has 5 heteroatoms. The lowest BCUT2D eigenvalue weighted by molar-refractivity contribution is 0.113. The second-order valence-electron chi connectivity index (χ2n) is 4.62. The highest BCUT2D eigenvalue weighted by molar-refractivity contribution is 7.80. The number of piperazine rings is 1. The molecule has 0 atom stereocenters. The van der Waals surface area contributed by atoms with Crippen molar-refractivity contribution in [1.29, 1.82) is 0 Å². The van der Waals surface area contributed by atoms with Gasteiger partial charge in [-0.05, 0) is 12.1 Å². The first kappa shape index (κ1) is 15.0. The van der Waals surface area contributed by atoms with Gasteiger partial charge in [-0.3, -0.25) is 4.90 Å². The van der Waals surface area contributed by atoms with Crippen molar-refractivity contribution in [3.63, 3.8) is 0 Å². The summed E-state index contributed by atoms with van der Waals surface area (Å²) in [5.41, 5.74) is 1.15. The molecular formula is C14H21ClN2OS. The molecule has 0 bridgehead atoms. The molecule has 1 aliphatic rings. The van der Waals surface area contributed by atoms with Gasteiger partial charge in [0.05, 0.1) is 23.9 Å². The molecule has 0 amide bonds. The van der Waals surface area contributed by atoms with Crippen LogP contribution >= 0.6 is 24.2 Å². The number of hydrogen-bond donors (Lipinski definition) is 1. The van der Waals surface area contributed by atoms with Crippen molar-refractivity contribution in [3.05, 3.63) is 29.3 Å². The number of nitrogens with zero attached hydrogens (tertiary/aromatic N) is 2. The maximum absolute atomic E-state index is 6.23. The average molecular weight is 301 g/mol. The van der Waals surface area contributed by atoms with Crippen LogP contribution in [0.25, 0.3) is 0 Å². The Balaban J connectivity index is 1.75. The van der Waals surface area contributed by atoms with Crippen molar-refractivity contribution in [2.45, 2.75) is 0 Å². The van der Waals surface area contributed by atoms with Crippen molar-refractivity contribution in [1.82, 2.24) is 4.90 Å². The van der Waals surface area contributed by atoms with Crippen LogP contribution in [0, 0.1) is 0 Å². The maximum atomic E-state index is 6.23. The second kappa shape index (κ2) is 8.00. The number of rotatable bonds is 6. The van der Waals surface area contributed by atoms with Gasteiger partial charge in [0.25, 0.3) is 0 Å². The molecule has 1 aromatic rings. The van der Waals surface area contributed by atoms with Gasteiger partial charge in [0, 0.05) is 38.5 Å². The molecule has 1 heterocycles. The fourth-order valence-electron chi connectivity index (χ4n) is 2.28. The fraction of sp³-hybridized carbons (Fsp3) is 0.571. The van der Waals surface area contributed by atoms with Crippen LogP contribution in [0.2, 0.25) is 5.02 Å². The maximum Gasteiger partial charge on any atom is 0.0639 e. The zero-order valence-corrected chi connectivity index (χ0v) is 12.7. The van der Waals surface area contributed by atoms with Gasteiger partial charge in [0.2, 0.25) is 0 Å². The molecule has 0 saturated carbocycles. The fourth-order valence-corrected chi connectivity index (χ4v) is 2.67. The Labute approximate surface area is 125 Å². The third-order valence-corrected chi connectivity index (χ3v) is 3.86. The third kappa shape index (κ3) is 4.56. The number of para-hydroxylation sites is 1. The van der Waals surface area contributed by atoms with Crippen LogP contribution in [0.5, 0.6) is 0 Å². The molecule has 0 N–H and O–H groups in total. The van der Waals surface area contributed by atoms with Crippen LogP contribution in [0.1, 0.15) is 0 Å². The molecule has 106 valence electrons. The van der Waals surface area contributed by atoms with E-state index in [4.69, 9.17) is 16.3 Å². The molecule has 3 nitrogen and oxygen atoms in total. The van der Waals surface area contributed by atoms with E-state index in [0.717, 1.165) is 62.4 Å². The largest absolute Gasteiger partial charge is 0.379 e.